The summed E-state index contributed by atoms with van der Waals surface area (Å²) in [5.74, 6) is 0.0516. The van der Waals surface area contributed by atoms with Crippen molar-refractivity contribution in [1.29, 1.82) is 0 Å². The molecule has 0 aromatic heterocycles. The minimum Gasteiger partial charge on any atom is -0.495 e. The number of benzene rings is 2. The second kappa shape index (κ2) is 9.76. The summed E-state index contributed by atoms with van der Waals surface area (Å²) in [6.07, 6.45) is 0. The van der Waals surface area contributed by atoms with Gasteiger partial charge < -0.3 is 25.7 Å². The number of aliphatic carboxylic acids is 1. The lowest BCUT2D eigenvalue weighted by atomic mass is 10.0. The zero-order valence-electron chi connectivity index (χ0n) is 14.8. The molecule has 0 radical (unpaired) electrons. The van der Waals surface area contributed by atoms with Crippen LogP contribution in [0.1, 0.15) is 11.6 Å². The molecule has 7 heteroatoms. The van der Waals surface area contributed by atoms with E-state index in [2.05, 4.69) is 4.90 Å². The Bertz CT molecular complexity index is 687. The van der Waals surface area contributed by atoms with Crippen LogP contribution in [0.15, 0.2) is 54.6 Å². The number of rotatable bonds is 5. The molecule has 26 heavy (non-hydrogen) atoms. The average molecular weight is 362 g/mol. The van der Waals surface area contributed by atoms with Gasteiger partial charge in [0, 0.05) is 26.2 Å². The molecule has 1 fully saturated rings. The second-order valence-corrected chi connectivity index (χ2v) is 5.85. The predicted octanol–water partition coefficient (Wildman–Crippen LogP) is 0.994. The number of carboxylic acids is 1. The van der Waals surface area contributed by atoms with E-state index in [1.165, 1.54) is 0 Å². The molecule has 5 N–H and O–H groups in total. The van der Waals surface area contributed by atoms with Crippen molar-refractivity contribution >= 4 is 11.7 Å². The highest BCUT2D eigenvalue weighted by atomic mass is 16.5. The fraction of sp³-hybridized carbons (Fsp3) is 0.316. The third-order valence-corrected chi connectivity index (χ3v) is 4.45. The van der Waals surface area contributed by atoms with Gasteiger partial charge in [-0.25, -0.2) is 0 Å². The Labute approximate surface area is 153 Å². The summed E-state index contributed by atoms with van der Waals surface area (Å²) in [6, 6.07) is 16.8. The van der Waals surface area contributed by atoms with Gasteiger partial charge in [0.2, 0.25) is 0 Å². The molecule has 0 bridgehead atoms. The van der Waals surface area contributed by atoms with Gasteiger partial charge in [-0.15, -0.1) is 0 Å². The molecule has 142 valence electrons. The smallest absolute Gasteiger partial charge is 0.325 e. The molecule has 0 saturated carbocycles. The zero-order valence-corrected chi connectivity index (χ0v) is 14.8. The Morgan fingerprint density at radius 1 is 0.962 bits per heavy atom. The molecule has 2 aromatic rings. The summed E-state index contributed by atoms with van der Waals surface area (Å²) in [5, 5.41) is 9.67. The maximum absolute atomic E-state index is 11.8. The van der Waals surface area contributed by atoms with Crippen molar-refractivity contribution in [2.45, 2.75) is 6.04 Å². The van der Waals surface area contributed by atoms with E-state index in [4.69, 9.17) is 4.74 Å². The fourth-order valence-electron chi connectivity index (χ4n) is 3.26. The summed E-state index contributed by atoms with van der Waals surface area (Å²) in [6.45, 7) is 2.95. The minimum absolute atomic E-state index is 0. The van der Waals surface area contributed by atoms with Gasteiger partial charge >= 0.3 is 5.97 Å². The Hall–Kier alpha value is -2.61. The summed E-state index contributed by atoms with van der Waals surface area (Å²) in [7, 11) is 1.67. The molecule has 1 saturated heterocycles. The molecular formula is C19H26N2O5. The molecule has 1 unspecified atom stereocenters. The van der Waals surface area contributed by atoms with Crippen LogP contribution >= 0.6 is 0 Å². The lowest BCUT2D eigenvalue weighted by Gasteiger charge is -2.39. The Morgan fingerprint density at radius 3 is 2.12 bits per heavy atom. The maximum atomic E-state index is 11.8. The van der Waals surface area contributed by atoms with Crippen LogP contribution in [0.4, 0.5) is 5.69 Å². The van der Waals surface area contributed by atoms with Gasteiger partial charge in [0.25, 0.3) is 0 Å². The molecule has 3 rings (SSSR count). The maximum Gasteiger partial charge on any atom is 0.325 e. The van der Waals surface area contributed by atoms with Gasteiger partial charge in [-0.1, -0.05) is 42.5 Å². The van der Waals surface area contributed by atoms with E-state index in [0.717, 1.165) is 30.1 Å². The minimum atomic E-state index is -0.799. The van der Waals surface area contributed by atoms with Crippen molar-refractivity contribution in [2.75, 3.05) is 38.2 Å². The first-order chi connectivity index (χ1) is 11.7. The molecule has 1 aliphatic rings. The predicted molar refractivity (Wildman–Crippen MR) is 101 cm³/mol. The summed E-state index contributed by atoms with van der Waals surface area (Å²) in [4.78, 5) is 16.1. The summed E-state index contributed by atoms with van der Waals surface area (Å²) in [5.41, 5.74) is 1.89. The molecule has 0 aliphatic carbocycles. The number of para-hydroxylation sites is 2. The molecule has 1 atom stereocenters. The first-order valence-corrected chi connectivity index (χ1v) is 8.10. The Morgan fingerprint density at radius 2 is 1.54 bits per heavy atom. The number of hydrogen-bond acceptors (Lipinski definition) is 4. The van der Waals surface area contributed by atoms with Crippen LogP contribution in [0.25, 0.3) is 0 Å². The third kappa shape index (κ3) is 4.51. The van der Waals surface area contributed by atoms with Crippen molar-refractivity contribution in [3.8, 4) is 5.75 Å². The molecular weight excluding hydrogens is 336 g/mol. The van der Waals surface area contributed by atoms with E-state index in [1.54, 1.807) is 7.11 Å². The van der Waals surface area contributed by atoms with Gasteiger partial charge in [0.05, 0.1) is 12.8 Å². The van der Waals surface area contributed by atoms with Crippen molar-refractivity contribution in [1.82, 2.24) is 4.90 Å². The third-order valence-electron chi connectivity index (χ3n) is 4.45. The van der Waals surface area contributed by atoms with Crippen molar-refractivity contribution in [2.24, 2.45) is 0 Å². The quantitative estimate of drug-likeness (QED) is 0.851. The molecule has 0 amide bonds. The van der Waals surface area contributed by atoms with Crippen LogP contribution in [0.2, 0.25) is 0 Å². The van der Waals surface area contributed by atoms with Crippen LogP contribution in [0.5, 0.6) is 5.75 Å². The number of nitrogens with zero attached hydrogens (tertiary/aromatic N) is 2. The van der Waals surface area contributed by atoms with Gasteiger partial charge in [-0.2, -0.15) is 0 Å². The topological polar surface area (TPSA) is 116 Å². The first-order valence-electron chi connectivity index (χ1n) is 8.10. The number of methoxy groups -OCH3 is 1. The monoisotopic (exact) mass is 362 g/mol. The van der Waals surface area contributed by atoms with Crippen LogP contribution in [-0.4, -0.2) is 60.2 Å². The Kier molecular flexibility index (Phi) is 8.05. The van der Waals surface area contributed by atoms with Crippen LogP contribution in [0, 0.1) is 0 Å². The number of anilines is 1. The number of hydrogen-bond donors (Lipinski definition) is 1. The fourth-order valence-corrected chi connectivity index (χ4v) is 3.26. The standard InChI is InChI=1S/C19H22N2O3.2H2O/c1-24-17-10-6-5-9-16(17)20-11-13-21(14-12-20)18(19(22)23)15-7-3-2-4-8-15;;/h2-10,18H,11-14H2,1H3,(H,22,23);2*1H2. The van der Waals surface area contributed by atoms with E-state index in [1.807, 2.05) is 59.5 Å². The van der Waals surface area contributed by atoms with E-state index < -0.39 is 12.0 Å². The highest BCUT2D eigenvalue weighted by Crippen LogP contribution is 2.30. The molecule has 7 nitrogen and oxygen atoms in total. The SMILES string of the molecule is COc1ccccc1N1CCN(C(C(=O)O)c2ccccc2)CC1.O.O. The highest BCUT2D eigenvalue weighted by molar-refractivity contribution is 5.75. The van der Waals surface area contributed by atoms with Gasteiger partial charge in [0.1, 0.15) is 11.8 Å². The molecule has 1 heterocycles. The normalized spacial score (nSPS) is 15.3. The highest BCUT2D eigenvalue weighted by Gasteiger charge is 2.30. The number of ether oxygens (including phenoxy) is 1. The number of piperazine rings is 1. The lowest BCUT2D eigenvalue weighted by Crippen LogP contribution is -2.49. The van der Waals surface area contributed by atoms with Crippen LogP contribution in [-0.2, 0) is 4.79 Å². The van der Waals surface area contributed by atoms with E-state index in [0.29, 0.717) is 13.1 Å². The second-order valence-electron chi connectivity index (χ2n) is 5.85. The van der Waals surface area contributed by atoms with Gasteiger partial charge in [-0.05, 0) is 17.7 Å². The van der Waals surface area contributed by atoms with Crippen molar-refractivity contribution < 1.29 is 25.6 Å². The number of carbonyl (C=O) groups is 1. The largest absolute Gasteiger partial charge is 0.495 e. The number of carboxylic acid groups (broad SMARTS) is 1. The van der Waals surface area contributed by atoms with E-state index >= 15 is 0 Å². The molecule has 0 spiro atoms. The van der Waals surface area contributed by atoms with Crippen molar-refractivity contribution in [3.05, 3.63) is 60.2 Å². The van der Waals surface area contributed by atoms with Crippen LogP contribution < -0.4 is 9.64 Å². The Balaban J connectivity index is 0.00000169. The zero-order chi connectivity index (χ0) is 16.9. The summed E-state index contributed by atoms with van der Waals surface area (Å²) >= 11 is 0. The van der Waals surface area contributed by atoms with Gasteiger partial charge in [-0.3, -0.25) is 9.69 Å². The van der Waals surface area contributed by atoms with E-state index in [-0.39, 0.29) is 11.0 Å². The molecule has 2 aromatic carbocycles. The molecule has 1 aliphatic heterocycles. The first kappa shape index (κ1) is 21.4. The van der Waals surface area contributed by atoms with E-state index in [9.17, 15) is 9.90 Å². The van der Waals surface area contributed by atoms with Crippen molar-refractivity contribution in [3.63, 3.8) is 0 Å². The van der Waals surface area contributed by atoms with Crippen LogP contribution in [0.3, 0.4) is 0 Å². The average Bonchev–Trinajstić information content (AvgIpc) is 2.63. The van der Waals surface area contributed by atoms with Gasteiger partial charge in [0.15, 0.2) is 0 Å². The summed E-state index contributed by atoms with van der Waals surface area (Å²) < 4.78 is 5.43. The lowest BCUT2D eigenvalue weighted by molar-refractivity contribution is -0.143.